The van der Waals surface area contributed by atoms with Crippen molar-refractivity contribution in [3.05, 3.63) is 35.6 Å². The van der Waals surface area contributed by atoms with Gasteiger partial charge in [-0.05, 0) is 31.4 Å². The minimum Gasteiger partial charge on any atom is -0.310 e. The first kappa shape index (κ1) is 14.5. The zero-order valence-corrected chi connectivity index (χ0v) is 11.9. The maximum atomic E-state index is 13.8. The summed E-state index contributed by atoms with van der Waals surface area (Å²) in [5.41, 5.74) is 0.633. The van der Waals surface area contributed by atoms with Crippen LogP contribution in [-0.4, -0.2) is 26.5 Å². The zero-order valence-electron chi connectivity index (χ0n) is 11.1. The van der Waals surface area contributed by atoms with Crippen LogP contribution in [0.3, 0.4) is 0 Å². The summed E-state index contributed by atoms with van der Waals surface area (Å²) >= 11 is 0. The maximum absolute atomic E-state index is 13.8. The van der Waals surface area contributed by atoms with E-state index in [4.69, 9.17) is 0 Å². The van der Waals surface area contributed by atoms with Crippen molar-refractivity contribution in [2.75, 3.05) is 18.1 Å². The summed E-state index contributed by atoms with van der Waals surface area (Å²) in [5.74, 6) is 0.417. The van der Waals surface area contributed by atoms with Gasteiger partial charge in [0, 0.05) is 11.6 Å². The molecule has 0 saturated carbocycles. The summed E-state index contributed by atoms with van der Waals surface area (Å²) < 4.78 is 36.8. The smallest absolute Gasteiger partial charge is 0.150 e. The molecular formula is C14H20FNO2S. The molecule has 2 unspecified atom stereocenters. The van der Waals surface area contributed by atoms with Gasteiger partial charge < -0.3 is 5.32 Å². The van der Waals surface area contributed by atoms with E-state index in [2.05, 4.69) is 5.32 Å². The van der Waals surface area contributed by atoms with Crippen molar-refractivity contribution in [3.63, 3.8) is 0 Å². The van der Waals surface area contributed by atoms with Crippen LogP contribution in [0, 0.1) is 11.7 Å². The summed E-state index contributed by atoms with van der Waals surface area (Å²) in [6.07, 6.45) is 1.37. The number of hydrogen-bond donors (Lipinski definition) is 1. The maximum Gasteiger partial charge on any atom is 0.150 e. The molecule has 1 fully saturated rings. The molecule has 1 aliphatic heterocycles. The molecule has 0 aromatic heterocycles. The molecular weight excluding hydrogens is 265 g/mol. The lowest BCUT2D eigenvalue weighted by atomic mass is 9.94. The molecule has 0 spiro atoms. The van der Waals surface area contributed by atoms with Crippen LogP contribution < -0.4 is 5.32 Å². The van der Waals surface area contributed by atoms with Gasteiger partial charge in [-0.3, -0.25) is 0 Å². The molecule has 106 valence electrons. The van der Waals surface area contributed by atoms with Gasteiger partial charge in [0.25, 0.3) is 0 Å². The van der Waals surface area contributed by atoms with Crippen LogP contribution in [0.4, 0.5) is 4.39 Å². The van der Waals surface area contributed by atoms with Gasteiger partial charge in [0.2, 0.25) is 0 Å². The van der Waals surface area contributed by atoms with Crippen molar-refractivity contribution in [2.45, 2.75) is 25.8 Å². The third-order valence-corrected chi connectivity index (χ3v) is 5.46. The predicted octanol–water partition coefficient (Wildman–Crippen LogP) is 2.30. The Kier molecular flexibility index (Phi) is 4.58. The summed E-state index contributed by atoms with van der Waals surface area (Å²) in [4.78, 5) is 0. The van der Waals surface area contributed by atoms with Crippen molar-refractivity contribution in [3.8, 4) is 0 Å². The van der Waals surface area contributed by atoms with Gasteiger partial charge in [0.15, 0.2) is 9.84 Å². The van der Waals surface area contributed by atoms with Crippen LogP contribution in [0.25, 0.3) is 0 Å². The normalized spacial score (nSPS) is 23.4. The zero-order chi connectivity index (χ0) is 13.9. The van der Waals surface area contributed by atoms with Gasteiger partial charge in [-0.25, -0.2) is 12.8 Å². The van der Waals surface area contributed by atoms with Crippen LogP contribution >= 0.6 is 0 Å². The molecule has 0 radical (unpaired) electrons. The van der Waals surface area contributed by atoms with Crippen molar-refractivity contribution >= 4 is 9.84 Å². The molecule has 2 atom stereocenters. The molecule has 0 amide bonds. The largest absolute Gasteiger partial charge is 0.310 e. The van der Waals surface area contributed by atoms with Crippen LogP contribution in [-0.2, 0) is 9.84 Å². The lowest BCUT2D eigenvalue weighted by Gasteiger charge is -2.21. The highest BCUT2D eigenvalue weighted by Gasteiger charge is 2.30. The van der Waals surface area contributed by atoms with Gasteiger partial charge in [0.1, 0.15) is 5.82 Å². The van der Waals surface area contributed by atoms with Gasteiger partial charge in [0.05, 0.1) is 11.5 Å². The Hall–Kier alpha value is -0.940. The number of sulfone groups is 1. The molecule has 1 aromatic rings. The number of nitrogens with one attached hydrogen (secondary N) is 1. The summed E-state index contributed by atoms with van der Waals surface area (Å²) in [5, 5.41) is 3.26. The Morgan fingerprint density at radius 3 is 2.74 bits per heavy atom. The SMILES string of the molecule is CCNC(CC1CCS(=O)(=O)C1)c1ccccc1F. The van der Waals surface area contributed by atoms with Crippen molar-refractivity contribution in [1.82, 2.24) is 5.32 Å². The number of hydrogen-bond acceptors (Lipinski definition) is 3. The highest BCUT2D eigenvalue weighted by atomic mass is 32.2. The minimum absolute atomic E-state index is 0.107. The molecule has 5 heteroatoms. The molecule has 1 aromatic carbocycles. The summed E-state index contributed by atoms with van der Waals surface area (Å²) in [6, 6.07) is 6.59. The predicted molar refractivity (Wildman–Crippen MR) is 74.2 cm³/mol. The highest BCUT2D eigenvalue weighted by molar-refractivity contribution is 7.91. The molecule has 1 aliphatic rings. The van der Waals surface area contributed by atoms with Crippen molar-refractivity contribution in [1.29, 1.82) is 0 Å². The third-order valence-electron chi connectivity index (χ3n) is 3.63. The van der Waals surface area contributed by atoms with Gasteiger partial charge in [-0.15, -0.1) is 0 Å². The van der Waals surface area contributed by atoms with Crippen LogP contribution in [0.5, 0.6) is 0 Å². The quantitative estimate of drug-likeness (QED) is 0.903. The molecule has 1 N–H and O–H groups in total. The van der Waals surface area contributed by atoms with Crippen molar-refractivity contribution < 1.29 is 12.8 Å². The Balaban J connectivity index is 2.11. The van der Waals surface area contributed by atoms with E-state index in [-0.39, 0.29) is 29.3 Å². The van der Waals surface area contributed by atoms with E-state index in [9.17, 15) is 12.8 Å². The van der Waals surface area contributed by atoms with E-state index >= 15 is 0 Å². The molecule has 2 rings (SSSR count). The fourth-order valence-electron chi connectivity index (χ4n) is 2.72. The summed E-state index contributed by atoms with van der Waals surface area (Å²) in [7, 11) is -2.87. The fourth-order valence-corrected chi connectivity index (χ4v) is 4.60. The van der Waals surface area contributed by atoms with E-state index in [1.807, 2.05) is 13.0 Å². The average molecular weight is 285 g/mol. The Bertz CT molecular complexity index is 530. The first-order valence-corrected chi connectivity index (χ1v) is 8.52. The van der Waals surface area contributed by atoms with E-state index < -0.39 is 9.84 Å². The van der Waals surface area contributed by atoms with Crippen LogP contribution in [0.15, 0.2) is 24.3 Å². The van der Waals surface area contributed by atoms with Gasteiger partial charge >= 0.3 is 0 Å². The molecule has 0 bridgehead atoms. The van der Waals surface area contributed by atoms with E-state index in [1.54, 1.807) is 12.1 Å². The first-order valence-electron chi connectivity index (χ1n) is 6.70. The average Bonchev–Trinajstić information content (AvgIpc) is 2.69. The fraction of sp³-hybridized carbons (Fsp3) is 0.571. The highest BCUT2D eigenvalue weighted by Crippen LogP contribution is 2.30. The van der Waals surface area contributed by atoms with E-state index in [1.165, 1.54) is 6.07 Å². The van der Waals surface area contributed by atoms with E-state index in [0.717, 1.165) is 6.54 Å². The van der Waals surface area contributed by atoms with E-state index in [0.29, 0.717) is 18.4 Å². The lowest BCUT2D eigenvalue weighted by Crippen LogP contribution is -2.24. The number of halogens is 1. The second-order valence-corrected chi connectivity index (χ2v) is 7.37. The van der Waals surface area contributed by atoms with Crippen LogP contribution in [0.1, 0.15) is 31.4 Å². The Labute approximate surface area is 114 Å². The molecule has 1 heterocycles. The minimum atomic E-state index is -2.87. The third kappa shape index (κ3) is 3.76. The number of rotatable bonds is 5. The van der Waals surface area contributed by atoms with Gasteiger partial charge in [-0.1, -0.05) is 25.1 Å². The molecule has 19 heavy (non-hydrogen) atoms. The summed E-state index contributed by atoms with van der Waals surface area (Å²) in [6.45, 7) is 2.71. The molecule has 0 aliphatic carbocycles. The number of benzene rings is 1. The Morgan fingerprint density at radius 2 is 2.16 bits per heavy atom. The lowest BCUT2D eigenvalue weighted by molar-refractivity contribution is 0.409. The monoisotopic (exact) mass is 285 g/mol. The molecule has 3 nitrogen and oxygen atoms in total. The second-order valence-electron chi connectivity index (χ2n) is 5.14. The Morgan fingerprint density at radius 1 is 1.42 bits per heavy atom. The molecule has 1 saturated heterocycles. The standard InChI is InChI=1S/C14H20FNO2S/c1-2-16-14(12-5-3-4-6-13(12)15)9-11-7-8-19(17,18)10-11/h3-6,11,14,16H,2,7-10H2,1H3. The van der Waals surface area contributed by atoms with Crippen molar-refractivity contribution in [2.24, 2.45) is 5.92 Å². The topological polar surface area (TPSA) is 46.2 Å². The van der Waals surface area contributed by atoms with Gasteiger partial charge in [-0.2, -0.15) is 0 Å². The first-order chi connectivity index (χ1) is 9.02. The second kappa shape index (κ2) is 6.01. The van der Waals surface area contributed by atoms with Crippen LogP contribution in [0.2, 0.25) is 0 Å².